The molecule has 4 aromatic rings. The smallest absolute Gasteiger partial charge is 0.211 e. The molecule has 1 heterocycles. The van der Waals surface area contributed by atoms with E-state index in [-0.39, 0.29) is 0 Å². The first-order valence-corrected chi connectivity index (χ1v) is 9.78. The van der Waals surface area contributed by atoms with E-state index in [0.717, 1.165) is 16.9 Å². The molecule has 4 heteroatoms. The molecule has 1 aromatic heterocycles. The topological polar surface area (TPSA) is 29.6 Å². The molecule has 134 valence electrons. The van der Waals surface area contributed by atoms with Crippen LogP contribution in [0.3, 0.4) is 0 Å². The molecule has 0 radical (unpaired) electrons. The maximum Gasteiger partial charge on any atom is 0.211 e. The van der Waals surface area contributed by atoms with Crippen molar-refractivity contribution in [1.82, 2.24) is 4.57 Å². The van der Waals surface area contributed by atoms with Crippen molar-refractivity contribution in [3.63, 3.8) is 0 Å². The second-order valence-electron chi connectivity index (χ2n) is 6.68. The lowest BCUT2D eigenvalue weighted by Gasteiger charge is -2.05. The van der Waals surface area contributed by atoms with Gasteiger partial charge in [0.1, 0.15) is 0 Å². The summed E-state index contributed by atoms with van der Waals surface area (Å²) in [6.45, 7) is 4.98. The molecule has 0 N–H and O–H groups in total. The predicted molar refractivity (Wildman–Crippen MR) is 114 cm³/mol. The Labute approximate surface area is 163 Å². The minimum absolute atomic E-state index is 0.781. The molecule has 0 atom stereocenters. The van der Waals surface area contributed by atoms with Crippen LogP contribution in [0.2, 0.25) is 0 Å². The van der Waals surface area contributed by atoms with Crippen LogP contribution in [0.4, 0.5) is 0 Å². The minimum atomic E-state index is 0.781. The predicted octanol–water partition coefficient (Wildman–Crippen LogP) is 5.30. The maximum absolute atomic E-state index is 4.54. The largest absolute Gasteiger partial charge is 0.311 e. The average molecular weight is 372 g/mol. The quantitative estimate of drug-likeness (QED) is 0.344. The molecular weight excluding hydrogens is 350 g/mol. The lowest BCUT2D eigenvalue weighted by atomic mass is 10.2. The third-order valence-corrected chi connectivity index (χ3v) is 5.48. The number of aryl methyl sites for hydroxylation is 2. The molecule has 3 nitrogen and oxygen atoms in total. The van der Waals surface area contributed by atoms with E-state index in [1.807, 2.05) is 12.3 Å². The first kappa shape index (κ1) is 17.4. The number of hydrogen-bond donors (Lipinski definition) is 0. The summed E-state index contributed by atoms with van der Waals surface area (Å²) in [5.74, 6) is 0. The first-order valence-electron chi connectivity index (χ1n) is 8.97. The number of hydrogen-bond acceptors (Lipinski definition) is 3. The van der Waals surface area contributed by atoms with Gasteiger partial charge in [0.25, 0.3) is 0 Å². The van der Waals surface area contributed by atoms with Crippen molar-refractivity contribution in [2.24, 2.45) is 10.2 Å². The molecule has 0 aliphatic heterocycles. The zero-order valence-electron chi connectivity index (χ0n) is 15.5. The number of thiazole rings is 1. The molecule has 27 heavy (non-hydrogen) atoms. The van der Waals surface area contributed by atoms with Gasteiger partial charge in [0, 0.05) is 0 Å². The van der Waals surface area contributed by atoms with E-state index >= 15 is 0 Å². The normalized spacial score (nSPS) is 12.3. The molecule has 0 spiro atoms. The maximum atomic E-state index is 4.54. The molecule has 0 saturated carbocycles. The zero-order chi connectivity index (χ0) is 18.6. The lowest BCUT2D eigenvalue weighted by molar-refractivity contribution is 0.789. The van der Waals surface area contributed by atoms with E-state index in [2.05, 4.69) is 95.3 Å². The Morgan fingerprint density at radius 1 is 0.889 bits per heavy atom. The van der Waals surface area contributed by atoms with Crippen molar-refractivity contribution in [2.75, 3.05) is 0 Å². The number of rotatable bonds is 4. The highest BCUT2D eigenvalue weighted by Crippen LogP contribution is 2.20. The first-order chi connectivity index (χ1) is 13.2. The second kappa shape index (κ2) is 7.72. The van der Waals surface area contributed by atoms with Gasteiger partial charge in [-0.25, -0.2) is 0 Å². The van der Waals surface area contributed by atoms with Crippen LogP contribution >= 0.6 is 11.3 Å². The Kier molecular flexibility index (Phi) is 4.99. The van der Waals surface area contributed by atoms with Crippen molar-refractivity contribution < 1.29 is 0 Å². The van der Waals surface area contributed by atoms with Crippen LogP contribution in [0.5, 0.6) is 0 Å². The molecule has 0 amide bonds. The van der Waals surface area contributed by atoms with Gasteiger partial charge in [0.05, 0.1) is 23.0 Å². The van der Waals surface area contributed by atoms with E-state index < -0.39 is 0 Å². The third-order valence-electron chi connectivity index (χ3n) is 4.45. The zero-order valence-corrected chi connectivity index (χ0v) is 16.3. The summed E-state index contributed by atoms with van der Waals surface area (Å²) in [5, 5.41) is 8.89. The SMILES string of the molecule is Cc1ccc(/C=N\N=c2\sc3cc(C)ccc3n2Cc2ccccc2)cc1. The third kappa shape index (κ3) is 4.07. The molecule has 0 aliphatic carbocycles. The van der Waals surface area contributed by atoms with Gasteiger partial charge in [-0.1, -0.05) is 77.6 Å². The highest BCUT2D eigenvalue weighted by molar-refractivity contribution is 7.16. The van der Waals surface area contributed by atoms with Gasteiger partial charge in [-0.05, 0) is 42.7 Å². The molecule has 0 bridgehead atoms. The van der Waals surface area contributed by atoms with Crippen molar-refractivity contribution in [3.8, 4) is 0 Å². The van der Waals surface area contributed by atoms with Crippen LogP contribution in [0.15, 0.2) is 83.0 Å². The van der Waals surface area contributed by atoms with Crippen LogP contribution in [0, 0.1) is 13.8 Å². The average Bonchev–Trinajstić information content (AvgIpc) is 3.00. The van der Waals surface area contributed by atoms with E-state index in [9.17, 15) is 0 Å². The van der Waals surface area contributed by atoms with Gasteiger partial charge in [-0.15, -0.1) is 5.10 Å². The van der Waals surface area contributed by atoms with Gasteiger partial charge in [-0.3, -0.25) is 0 Å². The number of fused-ring (bicyclic) bond motifs is 1. The van der Waals surface area contributed by atoms with E-state index in [1.54, 1.807) is 11.3 Å². The number of nitrogens with zero attached hydrogens (tertiary/aromatic N) is 3. The Balaban J connectivity index is 1.76. The Morgan fingerprint density at radius 2 is 1.63 bits per heavy atom. The second-order valence-corrected chi connectivity index (χ2v) is 7.69. The minimum Gasteiger partial charge on any atom is -0.311 e. The fourth-order valence-electron chi connectivity index (χ4n) is 2.97. The molecule has 0 aliphatic rings. The molecular formula is C23H21N3S. The van der Waals surface area contributed by atoms with Gasteiger partial charge in [0.15, 0.2) is 0 Å². The van der Waals surface area contributed by atoms with Gasteiger partial charge < -0.3 is 4.57 Å². The van der Waals surface area contributed by atoms with Crippen molar-refractivity contribution in [2.45, 2.75) is 20.4 Å². The summed E-state index contributed by atoms with van der Waals surface area (Å²) in [7, 11) is 0. The fourth-order valence-corrected chi connectivity index (χ4v) is 4.06. The summed E-state index contributed by atoms with van der Waals surface area (Å²) in [6.07, 6.45) is 1.81. The highest BCUT2D eigenvalue weighted by Gasteiger charge is 2.07. The Hall–Kier alpha value is -2.98. The molecule has 4 rings (SSSR count). The van der Waals surface area contributed by atoms with Gasteiger partial charge in [-0.2, -0.15) is 5.10 Å². The summed E-state index contributed by atoms with van der Waals surface area (Å²) in [4.78, 5) is 0.905. The van der Waals surface area contributed by atoms with Crippen LogP contribution in [-0.2, 0) is 6.54 Å². The van der Waals surface area contributed by atoms with Crippen LogP contribution in [-0.4, -0.2) is 10.8 Å². The standard InChI is InChI=1S/C23H21N3S/c1-17-8-11-19(12-9-17)15-24-25-23-26(16-20-6-4-3-5-7-20)21-13-10-18(2)14-22(21)27-23/h3-15H,16H2,1-2H3/b24-15-,25-23+. The highest BCUT2D eigenvalue weighted by atomic mass is 32.1. The number of benzene rings is 3. The summed E-state index contributed by atoms with van der Waals surface area (Å²) in [6, 6.07) is 25.3. The van der Waals surface area contributed by atoms with Crippen molar-refractivity contribution >= 4 is 27.8 Å². The Bertz CT molecular complexity index is 1150. The lowest BCUT2D eigenvalue weighted by Crippen LogP contribution is -2.15. The molecule has 3 aromatic carbocycles. The molecule has 0 unspecified atom stereocenters. The molecule has 0 saturated heterocycles. The monoisotopic (exact) mass is 371 g/mol. The van der Waals surface area contributed by atoms with Crippen molar-refractivity contribution in [3.05, 3.63) is 99.9 Å². The van der Waals surface area contributed by atoms with Crippen LogP contribution in [0.1, 0.15) is 22.3 Å². The fraction of sp³-hybridized carbons (Fsp3) is 0.130. The van der Waals surface area contributed by atoms with Crippen LogP contribution in [0.25, 0.3) is 10.2 Å². The van der Waals surface area contributed by atoms with Gasteiger partial charge >= 0.3 is 0 Å². The Morgan fingerprint density at radius 3 is 2.41 bits per heavy atom. The molecule has 0 fully saturated rings. The van der Waals surface area contributed by atoms with Crippen molar-refractivity contribution in [1.29, 1.82) is 0 Å². The van der Waals surface area contributed by atoms with E-state index in [0.29, 0.717) is 0 Å². The number of aromatic nitrogens is 1. The van der Waals surface area contributed by atoms with Gasteiger partial charge in [0.2, 0.25) is 4.80 Å². The summed E-state index contributed by atoms with van der Waals surface area (Å²) in [5.41, 5.74) is 5.99. The van der Waals surface area contributed by atoms with E-state index in [1.165, 1.54) is 26.9 Å². The van der Waals surface area contributed by atoms with E-state index in [4.69, 9.17) is 0 Å². The van der Waals surface area contributed by atoms with Crippen LogP contribution < -0.4 is 4.80 Å². The summed E-state index contributed by atoms with van der Waals surface area (Å²) >= 11 is 1.68. The summed E-state index contributed by atoms with van der Waals surface area (Å²) < 4.78 is 3.47.